The third-order valence-corrected chi connectivity index (χ3v) is 4.27. The first-order valence-corrected chi connectivity index (χ1v) is 5.95. The van der Waals surface area contributed by atoms with Gasteiger partial charge in [-0.1, -0.05) is 96.9 Å². The summed E-state index contributed by atoms with van der Waals surface area (Å²) in [5.74, 6) is 0. The van der Waals surface area contributed by atoms with Gasteiger partial charge in [-0.15, -0.1) is 0 Å². The van der Waals surface area contributed by atoms with Crippen molar-refractivity contribution < 1.29 is 0 Å². The first kappa shape index (κ1) is 30.2. The Bertz CT molecular complexity index is 111. The van der Waals surface area contributed by atoms with Crippen molar-refractivity contribution in [1.29, 1.82) is 0 Å². The molecule has 0 aromatic rings. The summed E-state index contributed by atoms with van der Waals surface area (Å²) in [7, 11) is 0. The van der Waals surface area contributed by atoms with E-state index in [2.05, 4.69) is 41.5 Å². The second kappa shape index (κ2) is 12.5. The van der Waals surface area contributed by atoms with E-state index in [0.717, 1.165) is 0 Å². The van der Waals surface area contributed by atoms with Crippen LogP contribution in [0.15, 0.2) is 0 Å². The highest BCUT2D eigenvalue weighted by Gasteiger charge is 2.30. The van der Waals surface area contributed by atoms with Gasteiger partial charge >= 0.3 is 0 Å². The summed E-state index contributed by atoms with van der Waals surface area (Å²) in [6.45, 7) is 14.2. The molecule has 0 radical (unpaired) electrons. The normalized spacial score (nSPS) is 10.2. The molecular formula is C17H44. The smallest absolute Gasteiger partial charge is 0.0326 e. The predicted octanol–water partition coefficient (Wildman–Crippen LogP) is 7.57. The minimum atomic E-state index is 0. The molecule has 0 amide bonds. The highest BCUT2D eigenvalue weighted by atomic mass is 14.4. The zero-order chi connectivity index (χ0) is 10.5. The first-order chi connectivity index (χ1) is 5.95. The van der Waals surface area contributed by atoms with Crippen LogP contribution in [-0.2, 0) is 0 Å². The molecule has 0 rings (SSSR count). The van der Waals surface area contributed by atoms with Crippen molar-refractivity contribution in [3.8, 4) is 0 Å². The van der Waals surface area contributed by atoms with E-state index in [0.29, 0.717) is 10.8 Å². The first-order valence-electron chi connectivity index (χ1n) is 5.95. The van der Waals surface area contributed by atoms with Crippen LogP contribution in [0.3, 0.4) is 0 Å². The van der Waals surface area contributed by atoms with E-state index in [4.69, 9.17) is 0 Å². The molecule has 0 aliphatic rings. The average Bonchev–Trinajstić information content (AvgIpc) is 2.17. The third kappa shape index (κ3) is 9.68. The number of hydrogen-bond donors (Lipinski definition) is 0. The van der Waals surface area contributed by atoms with Crippen LogP contribution in [0, 0.1) is 10.8 Å². The molecular weight excluding hydrogens is 204 g/mol. The number of hydrogen-bond acceptors (Lipinski definition) is 0. The lowest BCUT2D eigenvalue weighted by atomic mass is 9.68. The SMILES string of the molecule is C.C.C.C.CCC(C)(CC)CC(C)(CC)CC. The van der Waals surface area contributed by atoms with Crippen molar-refractivity contribution in [3.05, 3.63) is 0 Å². The van der Waals surface area contributed by atoms with E-state index in [1.165, 1.54) is 32.1 Å². The quantitative estimate of drug-likeness (QED) is 0.454. The maximum Gasteiger partial charge on any atom is -0.0326 e. The topological polar surface area (TPSA) is 0 Å². The third-order valence-electron chi connectivity index (χ3n) is 4.27. The Hall–Kier alpha value is 0. The lowest BCUT2D eigenvalue weighted by molar-refractivity contribution is 0.138. The minimum Gasteiger partial charge on any atom is -0.0776 e. The molecule has 0 nitrogen and oxygen atoms in total. The second-order valence-corrected chi connectivity index (χ2v) is 5.21. The second-order valence-electron chi connectivity index (χ2n) is 5.21. The molecule has 0 saturated carbocycles. The van der Waals surface area contributed by atoms with Crippen LogP contribution in [0.5, 0.6) is 0 Å². The van der Waals surface area contributed by atoms with Gasteiger partial charge < -0.3 is 0 Å². The van der Waals surface area contributed by atoms with Gasteiger partial charge in [-0.05, 0) is 17.3 Å². The molecule has 17 heavy (non-hydrogen) atoms. The molecule has 0 saturated heterocycles. The molecule has 0 aromatic carbocycles. The van der Waals surface area contributed by atoms with Gasteiger partial charge in [-0.25, -0.2) is 0 Å². The fraction of sp³-hybridized carbons (Fsp3) is 1.00. The van der Waals surface area contributed by atoms with Gasteiger partial charge in [0, 0.05) is 0 Å². The van der Waals surface area contributed by atoms with Crippen molar-refractivity contribution in [2.75, 3.05) is 0 Å². The Balaban J connectivity index is -0.000000120. The van der Waals surface area contributed by atoms with Gasteiger partial charge in [-0.3, -0.25) is 0 Å². The molecule has 0 N–H and O–H groups in total. The van der Waals surface area contributed by atoms with Crippen molar-refractivity contribution in [3.63, 3.8) is 0 Å². The lowest BCUT2D eigenvalue weighted by Gasteiger charge is -2.38. The summed E-state index contributed by atoms with van der Waals surface area (Å²) >= 11 is 0. The van der Waals surface area contributed by atoms with Gasteiger partial charge in [-0.2, -0.15) is 0 Å². The van der Waals surface area contributed by atoms with E-state index >= 15 is 0 Å². The van der Waals surface area contributed by atoms with E-state index in [-0.39, 0.29) is 29.7 Å². The van der Waals surface area contributed by atoms with Crippen LogP contribution < -0.4 is 0 Å². The molecule has 112 valence electrons. The van der Waals surface area contributed by atoms with Crippen LogP contribution in [0.2, 0.25) is 0 Å². The standard InChI is InChI=1S/C13H28.4CH4/c1-7-12(5,8-2)11-13(6,9-3)10-4;;;;/h7-11H2,1-6H3;4*1H4. The van der Waals surface area contributed by atoms with E-state index in [9.17, 15) is 0 Å². The monoisotopic (exact) mass is 248 g/mol. The van der Waals surface area contributed by atoms with E-state index in [1.807, 2.05) is 0 Å². The van der Waals surface area contributed by atoms with E-state index in [1.54, 1.807) is 0 Å². The Kier molecular flexibility index (Phi) is 22.1. The maximum atomic E-state index is 2.44. The van der Waals surface area contributed by atoms with E-state index < -0.39 is 0 Å². The maximum absolute atomic E-state index is 2.44. The predicted molar refractivity (Wildman–Crippen MR) is 88.9 cm³/mol. The Morgan fingerprint density at radius 3 is 0.824 bits per heavy atom. The van der Waals surface area contributed by atoms with Crippen molar-refractivity contribution in [2.24, 2.45) is 10.8 Å². The summed E-state index contributed by atoms with van der Waals surface area (Å²) in [5, 5.41) is 0. The summed E-state index contributed by atoms with van der Waals surface area (Å²) in [4.78, 5) is 0. The summed E-state index contributed by atoms with van der Waals surface area (Å²) in [5.41, 5.74) is 1.14. The van der Waals surface area contributed by atoms with Crippen LogP contribution >= 0.6 is 0 Å². The summed E-state index contributed by atoms with van der Waals surface area (Å²) in [6, 6.07) is 0. The highest BCUT2D eigenvalue weighted by molar-refractivity contribution is 4.81. The Morgan fingerprint density at radius 1 is 0.529 bits per heavy atom. The highest BCUT2D eigenvalue weighted by Crippen LogP contribution is 2.42. The van der Waals surface area contributed by atoms with Crippen LogP contribution in [0.1, 0.15) is 103 Å². The molecule has 0 heteroatoms. The van der Waals surface area contributed by atoms with Crippen molar-refractivity contribution in [2.45, 2.75) is 103 Å². The lowest BCUT2D eigenvalue weighted by Crippen LogP contribution is -2.26. The molecule has 0 heterocycles. The Labute approximate surface area is 115 Å². The van der Waals surface area contributed by atoms with Gasteiger partial charge in [0.05, 0.1) is 0 Å². The molecule has 0 bridgehead atoms. The van der Waals surface area contributed by atoms with Crippen LogP contribution in [-0.4, -0.2) is 0 Å². The van der Waals surface area contributed by atoms with Crippen molar-refractivity contribution >= 4 is 0 Å². The molecule has 0 spiro atoms. The van der Waals surface area contributed by atoms with Crippen LogP contribution in [0.4, 0.5) is 0 Å². The fourth-order valence-corrected chi connectivity index (χ4v) is 2.03. The molecule has 0 aliphatic heterocycles. The largest absolute Gasteiger partial charge is 0.0776 e. The van der Waals surface area contributed by atoms with Gasteiger partial charge in [0.25, 0.3) is 0 Å². The van der Waals surface area contributed by atoms with Crippen molar-refractivity contribution in [1.82, 2.24) is 0 Å². The molecule has 0 aliphatic carbocycles. The van der Waals surface area contributed by atoms with Gasteiger partial charge in [0.2, 0.25) is 0 Å². The van der Waals surface area contributed by atoms with Gasteiger partial charge in [0.1, 0.15) is 0 Å². The molecule has 0 fully saturated rings. The summed E-state index contributed by atoms with van der Waals surface area (Å²) < 4.78 is 0. The molecule has 0 unspecified atom stereocenters. The minimum absolute atomic E-state index is 0. The zero-order valence-corrected chi connectivity index (χ0v) is 10.5. The average molecular weight is 249 g/mol. The fourth-order valence-electron chi connectivity index (χ4n) is 2.03. The zero-order valence-electron chi connectivity index (χ0n) is 10.5. The summed E-state index contributed by atoms with van der Waals surface area (Å²) in [6.07, 6.45) is 6.66. The molecule has 0 aromatic heterocycles. The Morgan fingerprint density at radius 2 is 0.706 bits per heavy atom. The number of rotatable bonds is 6. The van der Waals surface area contributed by atoms with Crippen LogP contribution in [0.25, 0.3) is 0 Å². The van der Waals surface area contributed by atoms with Gasteiger partial charge in [0.15, 0.2) is 0 Å². The molecule has 0 atom stereocenters.